The van der Waals surface area contributed by atoms with Crippen molar-refractivity contribution in [1.29, 1.82) is 0 Å². The van der Waals surface area contributed by atoms with Crippen LogP contribution in [0.15, 0.2) is 126 Å². The first-order valence-electron chi connectivity index (χ1n) is 14.2. The highest BCUT2D eigenvalue weighted by Gasteiger charge is 2.46. The molecule has 0 heterocycles. The second-order valence-electron chi connectivity index (χ2n) is 12.8. The van der Waals surface area contributed by atoms with Crippen LogP contribution in [0.4, 0.5) is 0 Å². The predicted molar refractivity (Wildman–Crippen MR) is 178 cm³/mol. The molecule has 0 aliphatic rings. The standard InChI is InChI=1S/C35H44O2SSi2/c1-39(2,3)33(34(40(4,5)6)38-31-25-17-10-18-26-31)32(36)27-37-35(28-19-11-7-12-20-28,29-21-13-8-14-22-29)30-23-15-9-16-24-30/h7-26,32-34,36H,27H2,1-6H3. The summed E-state index contributed by atoms with van der Waals surface area (Å²) in [4.78, 5) is 1.64. The molecule has 0 radical (unpaired) electrons. The largest absolute Gasteiger partial charge is 0.391 e. The van der Waals surface area contributed by atoms with Crippen LogP contribution in [-0.2, 0) is 10.3 Å². The predicted octanol–water partition coefficient (Wildman–Crippen LogP) is 9.10. The topological polar surface area (TPSA) is 29.5 Å². The molecule has 4 aromatic rings. The summed E-state index contributed by atoms with van der Waals surface area (Å²) in [7, 11) is -3.52. The van der Waals surface area contributed by atoms with Crippen molar-refractivity contribution >= 4 is 27.9 Å². The van der Waals surface area contributed by atoms with E-state index in [1.165, 1.54) is 4.90 Å². The normalized spacial score (nSPS) is 14.9. The summed E-state index contributed by atoms with van der Waals surface area (Å²) in [6.07, 6.45) is -0.588. The molecule has 0 amide bonds. The van der Waals surface area contributed by atoms with Gasteiger partial charge in [0.2, 0.25) is 0 Å². The van der Waals surface area contributed by atoms with E-state index in [9.17, 15) is 5.11 Å². The molecule has 0 fully saturated rings. The van der Waals surface area contributed by atoms with Crippen LogP contribution in [0.3, 0.4) is 0 Å². The summed E-state index contributed by atoms with van der Waals surface area (Å²) in [6, 6.07) is 42.1. The van der Waals surface area contributed by atoms with E-state index in [2.05, 4.69) is 142 Å². The van der Waals surface area contributed by atoms with E-state index in [0.29, 0.717) is 4.87 Å². The van der Waals surface area contributed by atoms with Gasteiger partial charge in [0.05, 0.1) is 28.9 Å². The van der Waals surface area contributed by atoms with Crippen molar-refractivity contribution in [2.24, 2.45) is 0 Å². The van der Waals surface area contributed by atoms with E-state index in [1.807, 2.05) is 30.0 Å². The van der Waals surface area contributed by atoms with Gasteiger partial charge < -0.3 is 9.84 Å². The van der Waals surface area contributed by atoms with E-state index in [0.717, 1.165) is 16.7 Å². The Balaban J connectivity index is 1.77. The summed E-state index contributed by atoms with van der Waals surface area (Å²) in [5.41, 5.74) is 2.51. The summed E-state index contributed by atoms with van der Waals surface area (Å²) >= 11 is 1.96. The summed E-state index contributed by atoms with van der Waals surface area (Å²) < 4.78 is 7.12. The van der Waals surface area contributed by atoms with Crippen molar-refractivity contribution in [2.75, 3.05) is 6.61 Å². The maximum Gasteiger partial charge on any atom is 0.143 e. The second-order valence-corrected chi connectivity index (χ2v) is 25.2. The molecule has 0 aliphatic carbocycles. The molecule has 3 atom stereocenters. The third kappa shape index (κ3) is 7.07. The summed E-state index contributed by atoms with van der Waals surface area (Å²) in [5, 5.41) is 12.2. The van der Waals surface area contributed by atoms with Gasteiger partial charge >= 0.3 is 0 Å². The Morgan fingerprint density at radius 2 is 0.975 bits per heavy atom. The van der Waals surface area contributed by atoms with Gasteiger partial charge in [0, 0.05) is 9.77 Å². The van der Waals surface area contributed by atoms with Crippen molar-refractivity contribution in [3.05, 3.63) is 138 Å². The van der Waals surface area contributed by atoms with Crippen molar-refractivity contribution in [3.8, 4) is 0 Å². The lowest BCUT2D eigenvalue weighted by molar-refractivity contribution is -0.0395. The van der Waals surface area contributed by atoms with Crippen molar-refractivity contribution < 1.29 is 9.84 Å². The van der Waals surface area contributed by atoms with Crippen LogP contribution in [0.2, 0.25) is 44.8 Å². The number of thioether (sulfide) groups is 1. The van der Waals surface area contributed by atoms with Crippen LogP contribution in [0, 0.1) is 0 Å². The van der Waals surface area contributed by atoms with Crippen LogP contribution in [0.25, 0.3) is 0 Å². The molecule has 5 heteroatoms. The van der Waals surface area contributed by atoms with Crippen LogP contribution >= 0.6 is 11.8 Å². The average molecular weight is 585 g/mol. The summed E-state index contributed by atoms with van der Waals surface area (Å²) in [6.45, 7) is 14.8. The van der Waals surface area contributed by atoms with E-state index in [1.54, 1.807) is 0 Å². The van der Waals surface area contributed by atoms with Gasteiger partial charge in [0.25, 0.3) is 0 Å². The van der Waals surface area contributed by atoms with Gasteiger partial charge in [-0.2, -0.15) is 0 Å². The highest BCUT2D eigenvalue weighted by Crippen LogP contribution is 2.46. The zero-order valence-corrected chi connectivity index (χ0v) is 27.6. The monoisotopic (exact) mass is 584 g/mol. The van der Waals surface area contributed by atoms with Crippen LogP contribution in [0.5, 0.6) is 0 Å². The number of benzene rings is 4. The van der Waals surface area contributed by atoms with Gasteiger partial charge in [0.1, 0.15) is 5.60 Å². The van der Waals surface area contributed by atoms with Gasteiger partial charge in [-0.1, -0.05) is 148 Å². The van der Waals surface area contributed by atoms with Crippen LogP contribution in [-0.4, -0.2) is 38.8 Å². The quantitative estimate of drug-likeness (QED) is 0.102. The highest BCUT2D eigenvalue weighted by molar-refractivity contribution is 8.01. The third-order valence-electron chi connectivity index (χ3n) is 7.61. The zero-order chi connectivity index (χ0) is 28.8. The Kier molecular flexibility index (Phi) is 9.96. The molecule has 210 valence electrons. The summed E-state index contributed by atoms with van der Waals surface area (Å²) in [5.74, 6) is 0. The first-order valence-corrected chi connectivity index (χ1v) is 22.3. The Bertz CT molecular complexity index is 1210. The Hall–Kier alpha value is -2.42. The van der Waals surface area contributed by atoms with Crippen LogP contribution < -0.4 is 0 Å². The molecule has 40 heavy (non-hydrogen) atoms. The highest BCUT2D eigenvalue weighted by atomic mass is 32.2. The molecule has 4 aromatic carbocycles. The molecule has 1 N–H and O–H groups in total. The van der Waals surface area contributed by atoms with Gasteiger partial charge in [-0.3, -0.25) is 0 Å². The fraction of sp³-hybridized carbons (Fsp3) is 0.314. The first kappa shape index (κ1) is 30.5. The zero-order valence-electron chi connectivity index (χ0n) is 24.7. The first-order chi connectivity index (χ1) is 19.0. The smallest absolute Gasteiger partial charge is 0.143 e. The molecule has 2 nitrogen and oxygen atoms in total. The molecule has 0 saturated carbocycles. The van der Waals surface area contributed by atoms with Gasteiger partial charge in [0.15, 0.2) is 0 Å². The number of hydrogen-bond donors (Lipinski definition) is 1. The van der Waals surface area contributed by atoms with E-state index in [-0.39, 0.29) is 12.1 Å². The number of rotatable bonds is 12. The maximum atomic E-state index is 12.2. The van der Waals surface area contributed by atoms with Gasteiger partial charge in [-0.05, 0) is 34.4 Å². The van der Waals surface area contributed by atoms with E-state index >= 15 is 0 Å². The van der Waals surface area contributed by atoms with Crippen molar-refractivity contribution in [2.45, 2.75) is 66.3 Å². The molecule has 4 rings (SSSR count). The fourth-order valence-electron chi connectivity index (χ4n) is 5.75. The lowest BCUT2D eigenvalue weighted by Crippen LogP contribution is -2.53. The third-order valence-corrected chi connectivity index (χ3v) is 16.5. The molecule has 0 aromatic heterocycles. The number of hydrogen-bond acceptors (Lipinski definition) is 3. The fourth-order valence-corrected chi connectivity index (χ4v) is 16.4. The molecule has 0 spiro atoms. The maximum absolute atomic E-state index is 12.2. The Morgan fingerprint density at radius 3 is 1.32 bits per heavy atom. The molecular weight excluding hydrogens is 541 g/mol. The average Bonchev–Trinajstić information content (AvgIpc) is 2.94. The Labute approximate surface area is 247 Å². The number of aliphatic hydroxyl groups excluding tert-OH is 1. The second kappa shape index (κ2) is 13.0. The lowest BCUT2D eigenvalue weighted by atomic mass is 9.80. The number of aliphatic hydroxyl groups is 1. The van der Waals surface area contributed by atoms with Crippen molar-refractivity contribution in [3.63, 3.8) is 0 Å². The van der Waals surface area contributed by atoms with Gasteiger partial charge in [-0.15, -0.1) is 11.8 Å². The molecule has 0 bridgehead atoms. The Morgan fingerprint density at radius 1 is 0.600 bits per heavy atom. The minimum absolute atomic E-state index is 0.171. The molecule has 3 unspecified atom stereocenters. The lowest BCUT2D eigenvalue weighted by Gasteiger charge is -2.45. The molecular formula is C35H44O2SSi2. The van der Waals surface area contributed by atoms with E-state index in [4.69, 9.17) is 4.74 Å². The number of ether oxygens (including phenoxy) is 1. The van der Waals surface area contributed by atoms with Crippen LogP contribution in [0.1, 0.15) is 16.7 Å². The minimum Gasteiger partial charge on any atom is -0.391 e. The minimum atomic E-state index is -1.83. The molecule has 0 saturated heterocycles. The van der Waals surface area contributed by atoms with Gasteiger partial charge in [-0.25, -0.2) is 0 Å². The van der Waals surface area contributed by atoms with Crippen molar-refractivity contribution in [1.82, 2.24) is 0 Å². The molecule has 0 aliphatic heterocycles. The SMILES string of the molecule is C[Si](C)(C)C(Sc1ccccc1)C(C(O)COC(c1ccccc1)(c1ccccc1)c1ccccc1)[Si](C)(C)C. The van der Waals surface area contributed by atoms with E-state index < -0.39 is 27.9 Å².